The Balaban J connectivity index is 1.45. The second-order valence-electron chi connectivity index (χ2n) is 14.8. The van der Waals surface area contributed by atoms with Crippen molar-refractivity contribution in [2.45, 2.75) is 65.3 Å². The number of hydrogen-bond donors (Lipinski definition) is 0. The lowest BCUT2D eigenvalue weighted by atomic mass is 9.66. The molecule has 6 aromatic carbocycles. The number of carbonyl (C=O) groups excluding carboxylic acids is 1. The Bertz CT molecular complexity index is 2080. The molecule has 274 valence electrons. The van der Waals surface area contributed by atoms with E-state index in [0.29, 0.717) is 17.1 Å². The third kappa shape index (κ3) is 6.94. The van der Waals surface area contributed by atoms with E-state index in [2.05, 4.69) is 54.6 Å². The molecule has 0 bridgehead atoms. The maximum atomic E-state index is 13.1. The molecule has 1 fully saturated rings. The van der Waals surface area contributed by atoms with Crippen molar-refractivity contribution in [3.05, 3.63) is 190 Å². The van der Waals surface area contributed by atoms with Gasteiger partial charge in [0.15, 0.2) is 11.2 Å². The molecule has 0 saturated carbocycles. The van der Waals surface area contributed by atoms with Gasteiger partial charge in [-0.15, -0.1) is 0 Å². The molecule has 6 nitrogen and oxygen atoms in total. The maximum absolute atomic E-state index is 13.1. The normalized spacial score (nSPS) is 15.1. The van der Waals surface area contributed by atoms with Crippen molar-refractivity contribution in [1.82, 2.24) is 0 Å². The molecule has 0 atom stereocenters. The van der Waals surface area contributed by atoms with Crippen molar-refractivity contribution < 1.29 is 27.8 Å². The fourth-order valence-corrected chi connectivity index (χ4v) is 9.08. The van der Waals surface area contributed by atoms with E-state index in [4.69, 9.17) is 23.0 Å². The number of carbonyl (C=O) groups is 1. The van der Waals surface area contributed by atoms with E-state index < -0.39 is 31.6 Å². The van der Waals surface area contributed by atoms with E-state index in [1.807, 2.05) is 139 Å². The fourth-order valence-electron chi connectivity index (χ4n) is 7.45. The summed E-state index contributed by atoms with van der Waals surface area (Å²) in [6, 6.07) is 49.1. The number of hydrogen-bond acceptors (Lipinski definition) is 6. The molecule has 0 N–H and O–H groups in total. The van der Waals surface area contributed by atoms with Crippen molar-refractivity contribution in [3.63, 3.8) is 0 Å². The summed E-state index contributed by atoms with van der Waals surface area (Å²) in [5.74, 6) is 0.967. The van der Waals surface area contributed by atoms with E-state index in [1.54, 1.807) is 0 Å². The second-order valence-corrected chi connectivity index (χ2v) is 15.8. The van der Waals surface area contributed by atoms with Gasteiger partial charge in [-0.05, 0) is 105 Å². The number of benzene rings is 6. The first-order valence-corrected chi connectivity index (χ1v) is 19.2. The standard InChI is InChI=1S/C47H45O6P/c1-32-28-34(3)42(49-44(48)50-45(5,6)7)40(30-32)41-31-33(2)29-35(4)43(41)51-54-52-46(36-20-12-8-13-21-36,37-22-14-9-15-23-37)47(53-54,38-24-16-10-17-25-38)39-26-18-11-19-27-39/h8-31H,1-7H3. The predicted molar refractivity (Wildman–Crippen MR) is 215 cm³/mol. The molecule has 7 heteroatoms. The molecule has 6 aromatic rings. The molecule has 0 radical (unpaired) electrons. The first-order chi connectivity index (χ1) is 25.9. The maximum Gasteiger partial charge on any atom is 0.514 e. The molecule has 7 rings (SSSR count). The van der Waals surface area contributed by atoms with Crippen LogP contribution in [-0.2, 0) is 25.0 Å². The van der Waals surface area contributed by atoms with Crippen LogP contribution in [0.2, 0.25) is 0 Å². The van der Waals surface area contributed by atoms with Crippen LogP contribution in [0.1, 0.15) is 65.3 Å². The molecule has 1 saturated heterocycles. The largest absolute Gasteiger partial charge is 0.514 e. The van der Waals surface area contributed by atoms with Gasteiger partial charge in [0.25, 0.3) is 0 Å². The molecular weight excluding hydrogens is 691 g/mol. The van der Waals surface area contributed by atoms with Gasteiger partial charge in [-0.3, -0.25) is 9.05 Å². The Morgan fingerprint density at radius 2 is 0.889 bits per heavy atom. The van der Waals surface area contributed by atoms with E-state index >= 15 is 0 Å². The Hall–Kier alpha value is -5.26. The topological polar surface area (TPSA) is 63.2 Å². The summed E-state index contributed by atoms with van der Waals surface area (Å²) in [6.45, 7) is 13.4. The minimum absolute atomic E-state index is 0.400. The van der Waals surface area contributed by atoms with Crippen LogP contribution in [0.5, 0.6) is 11.5 Å². The van der Waals surface area contributed by atoms with E-state index in [1.165, 1.54) is 0 Å². The van der Waals surface area contributed by atoms with Gasteiger partial charge < -0.3 is 14.0 Å². The monoisotopic (exact) mass is 736 g/mol. The van der Waals surface area contributed by atoms with Gasteiger partial charge in [0.05, 0.1) is 0 Å². The van der Waals surface area contributed by atoms with Gasteiger partial charge in [0.1, 0.15) is 17.1 Å². The Morgan fingerprint density at radius 3 is 1.26 bits per heavy atom. The Morgan fingerprint density at radius 1 is 0.537 bits per heavy atom. The zero-order chi connectivity index (χ0) is 38.1. The van der Waals surface area contributed by atoms with E-state index in [9.17, 15) is 4.79 Å². The van der Waals surface area contributed by atoms with Gasteiger partial charge >= 0.3 is 14.8 Å². The zero-order valence-corrected chi connectivity index (χ0v) is 32.6. The van der Waals surface area contributed by atoms with Crippen LogP contribution in [-0.4, -0.2) is 11.8 Å². The van der Waals surface area contributed by atoms with E-state index in [0.717, 1.165) is 50.1 Å². The highest BCUT2D eigenvalue weighted by atomic mass is 31.2. The van der Waals surface area contributed by atoms with Gasteiger partial charge in [0, 0.05) is 11.1 Å². The molecule has 0 aliphatic carbocycles. The summed E-state index contributed by atoms with van der Waals surface area (Å²) in [4.78, 5) is 13.1. The molecule has 1 aliphatic heterocycles. The molecule has 0 amide bonds. The summed E-state index contributed by atoms with van der Waals surface area (Å²) in [7, 11) is -2.12. The summed E-state index contributed by atoms with van der Waals surface area (Å²) < 4.78 is 33.6. The van der Waals surface area contributed by atoms with Crippen LogP contribution in [0.3, 0.4) is 0 Å². The Labute approximate surface area is 319 Å². The number of ether oxygens (including phenoxy) is 2. The summed E-state index contributed by atoms with van der Waals surface area (Å²) in [5, 5.41) is 0. The third-order valence-electron chi connectivity index (χ3n) is 9.51. The van der Waals surface area contributed by atoms with Crippen LogP contribution in [0, 0.1) is 27.7 Å². The van der Waals surface area contributed by atoms with Crippen molar-refractivity contribution in [2.24, 2.45) is 0 Å². The first kappa shape index (κ1) is 37.1. The fraction of sp³-hybridized carbons (Fsp3) is 0.213. The molecule has 0 aromatic heterocycles. The minimum atomic E-state index is -2.12. The van der Waals surface area contributed by atoms with Gasteiger partial charge in [-0.2, -0.15) is 0 Å². The van der Waals surface area contributed by atoms with Crippen molar-refractivity contribution in [2.75, 3.05) is 0 Å². The highest BCUT2D eigenvalue weighted by molar-refractivity contribution is 7.42. The number of aryl methyl sites for hydroxylation is 4. The summed E-state index contributed by atoms with van der Waals surface area (Å²) in [6.07, 6.45) is -0.777. The van der Waals surface area contributed by atoms with Crippen LogP contribution < -0.4 is 9.26 Å². The second kappa shape index (κ2) is 14.9. The van der Waals surface area contributed by atoms with Gasteiger partial charge in [0.2, 0.25) is 0 Å². The smallest absolute Gasteiger partial charge is 0.428 e. The molecule has 1 heterocycles. The van der Waals surface area contributed by atoms with Crippen molar-refractivity contribution in [3.8, 4) is 22.6 Å². The zero-order valence-electron chi connectivity index (χ0n) is 31.8. The molecule has 1 aliphatic rings. The SMILES string of the molecule is Cc1cc(C)c(OC(=O)OC(C)(C)C)c(-c2cc(C)cc(C)c2OP2OC(c3ccccc3)(c3ccccc3)C(c3ccccc3)(c3ccccc3)O2)c1. The molecule has 0 spiro atoms. The van der Waals surface area contributed by atoms with Crippen LogP contribution in [0.4, 0.5) is 4.79 Å². The summed E-state index contributed by atoms with van der Waals surface area (Å²) in [5.41, 5.74) is 5.70. The lowest BCUT2D eigenvalue weighted by Gasteiger charge is -2.43. The third-order valence-corrected chi connectivity index (χ3v) is 10.7. The van der Waals surface area contributed by atoms with Crippen molar-refractivity contribution >= 4 is 14.8 Å². The molecular formula is C47H45O6P. The lowest BCUT2D eigenvalue weighted by molar-refractivity contribution is 0.00370. The lowest BCUT2D eigenvalue weighted by Crippen LogP contribution is -2.48. The van der Waals surface area contributed by atoms with Gasteiger partial charge in [-0.1, -0.05) is 133 Å². The minimum Gasteiger partial charge on any atom is -0.428 e. The average molecular weight is 737 g/mol. The number of rotatable bonds is 8. The predicted octanol–water partition coefficient (Wildman–Crippen LogP) is 12.4. The summed E-state index contributed by atoms with van der Waals surface area (Å²) >= 11 is 0. The highest BCUT2D eigenvalue weighted by Gasteiger charge is 2.67. The molecule has 0 unspecified atom stereocenters. The first-order valence-electron chi connectivity index (χ1n) is 18.1. The van der Waals surface area contributed by atoms with Crippen LogP contribution >= 0.6 is 8.60 Å². The van der Waals surface area contributed by atoms with Crippen LogP contribution in [0.15, 0.2) is 146 Å². The molecule has 54 heavy (non-hydrogen) atoms. The quantitative estimate of drug-likeness (QED) is 0.0881. The Kier molecular flexibility index (Phi) is 10.2. The van der Waals surface area contributed by atoms with Gasteiger partial charge in [-0.25, -0.2) is 4.79 Å². The van der Waals surface area contributed by atoms with Crippen LogP contribution in [0.25, 0.3) is 11.1 Å². The highest BCUT2D eigenvalue weighted by Crippen LogP contribution is 2.70. The van der Waals surface area contributed by atoms with Crippen molar-refractivity contribution in [1.29, 1.82) is 0 Å². The van der Waals surface area contributed by atoms with E-state index in [-0.39, 0.29) is 0 Å². The average Bonchev–Trinajstić information content (AvgIpc) is 3.51.